The van der Waals surface area contributed by atoms with Crippen LogP contribution in [0.4, 0.5) is 14.5 Å². The molecule has 1 aliphatic rings. The van der Waals surface area contributed by atoms with E-state index in [1.54, 1.807) is 22.0 Å². The number of benzene rings is 2. The highest BCUT2D eigenvalue weighted by atomic mass is 35.5. The van der Waals surface area contributed by atoms with Crippen LogP contribution in [0.1, 0.15) is 52.4 Å². The molecule has 1 N–H and O–H groups in total. The number of nitrogens with one attached hydrogen (secondary N) is 1. The van der Waals surface area contributed by atoms with Gasteiger partial charge >= 0.3 is 0 Å². The normalized spacial score (nSPS) is 14.3. The van der Waals surface area contributed by atoms with Crippen LogP contribution in [0.5, 0.6) is 0 Å². The van der Waals surface area contributed by atoms with Crippen molar-refractivity contribution in [1.29, 1.82) is 0 Å². The third-order valence-corrected chi connectivity index (χ3v) is 6.44. The molecule has 2 amide bonds. The van der Waals surface area contributed by atoms with Crippen molar-refractivity contribution < 1.29 is 18.4 Å². The second kappa shape index (κ2) is 10.6. The van der Waals surface area contributed by atoms with Crippen molar-refractivity contribution >= 4 is 29.1 Å². The summed E-state index contributed by atoms with van der Waals surface area (Å²) in [5.74, 6) is -2.76. The van der Waals surface area contributed by atoms with Crippen molar-refractivity contribution in [1.82, 2.24) is 14.7 Å². The van der Waals surface area contributed by atoms with Crippen LogP contribution in [0.25, 0.3) is 0 Å². The van der Waals surface area contributed by atoms with E-state index in [9.17, 15) is 18.4 Å². The fourth-order valence-corrected chi connectivity index (χ4v) is 4.70. The number of carbonyl (C=O) groups excluding carboxylic acids is 2. The molecule has 2 heterocycles. The first-order valence-corrected chi connectivity index (χ1v) is 11.9. The van der Waals surface area contributed by atoms with Gasteiger partial charge in [0.2, 0.25) is 5.91 Å². The molecule has 0 unspecified atom stereocenters. The van der Waals surface area contributed by atoms with Gasteiger partial charge in [0.1, 0.15) is 0 Å². The Hall–Kier alpha value is -3.26. The topological polar surface area (TPSA) is 67.2 Å². The third-order valence-electron chi connectivity index (χ3n) is 6.16. The molecular formula is C26H27ClF2N4O2. The lowest BCUT2D eigenvalue weighted by Gasteiger charge is -2.32. The number of nitrogens with zero attached hydrogens (tertiary/aromatic N) is 3. The maximum atomic E-state index is 13.6. The maximum Gasteiger partial charge on any atom is 0.254 e. The lowest BCUT2D eigenvalue weighted by atomic mass is 10.0. The molecule has 1 aliphatic heterocycles. The molecule has 4 rings (SSSR count). The smallest absolute Gasteiger partial charge is 0.254 e. The number of anilines is 1. The molecule has 184 valence electrons. The number of carbonyl (C=O) groups is 2. The predicted octanol–water partition coefficient (Wildman–Crippen LogP) is 5.48. The standard InChI is InChI=1S/C26H27ClF2N4O2/c1-16-9-17(2)11-18(10-16)3-4-24(34)31-20-14-30-33(15-20)21-5-7-32(8-6-21)26(35)19-12-22(27)25(29)23(28)13-19/h9-15,21H,3-8H2,1-2H3,(H,31,34). The minimum atomic E-state index is -1.16. The van der Waals surface area contributed by atoms with Crippen molar-refractivity contribution in [2.75, 3.05) is 18.4 Å². The number of aromatic nitrogens is 2. The Morgan fingerprint density at radius 3 is 2.43 bits per heavy atom. The first-order valence-electron chi connectivity index (χ1n) is 11.5. The van der Waals surface area contributed by atoms with Gasteiger partial charge in [-0.1, -0.05) is 40.9 Å². The summed E-state index contributed by atoms with van der Waals surface area (Å²) < 4.78 is 28.9. The van der Waals surface area contributed by atoms with Crippen LogP contribution in [0.15, 0.2) is 42.7 Å². The van der Waals surface area contributed by atoms with Gasteiger partial charge in [-0.3, -0.25) is 14.3 Å². The Bertz CT molecular complexity index is 1210. The zero-order valence-electron chi connectivity index (χ0n) is 19.7. The van der Waals surface area contributed by atoms with Crippen molar-refractivity contribution in [3.63, 3.8) is 0 Å². The fourth-order valence-electron chi connectivity index (χ4n) is 4.49. The van der Waals surface area contributed by atoms with E-state index in [4.69, 9.17) is 11.6 Å². The molecule has 0 radical (unpaired) electrons. The van der Waals surface area contributed by atoms with Gasteiger partial charge in [-0.05, 0) is 50.8 Å². The summed E-state index contributed by atoms with van der Waals surface area (Å²) in [7, 11) is 0. The molecule has 1 aromatic heterocycles. The first-order chi connectivity index (χ1) is 16.7. The second-order valence-electron chi connectivity index (χ2n) is 9.03. The van der Waals surface area contributed by atoms with Crippen LogP contribution < -0.4 is 5.32 Å². The highest BCUT2D eigenvalue weighted by Gasteiger charge is 2.26. The Balaban J connectivity index is 1.29. The van der Waals surface area contributed by atoms with Gasteiger partial charge < -0.3 is 10.2 Å². The average molecular weight is 501 g/mol. The second-order valence-corrected chi connectivity index (χ2v) is 9.44. The number of rotatable bonds is 6. The van der Waals surface area contributed by atoms with Crippen molar-refractivity contribution in [2.24, 2.45) is 0 Å². The lowest BCUT2D eigenvalue weighted by molar-refractivity contribution is -0.116. The van der Waals surface area contributed by atoms with Gasteiger partial charge in [0.25, 0.3) is 5.91 Å². The van der Waals surface area contributed by atoms with Gasteiger partial charge in [0, 0.05) is 31.3 Å². The number of piperidine rings is 1. The molecule has 0 aliphatic carbocycles. The average Bonchev–Trinajstić information content (AvgIpc) is 3.28. The van der Waals surface area contributed by atoms with Gasteiger partial charge in [0.15, 0.2) is 11.6 Å². The summed E-state index contributed by atoms with van der Waals surface area (Å²) in [4.78, 5) is 26.7. The van der Waals surface area contributed by atoms with Gasteiger partial charge in [-0.15, -0.1) is 0 Å². The molecule has 0 atom stereocenters. The van der Waals surface area contributed by atoms with Crippen molar-refractivity contribution in [2.45, 2.75) is 45.6 Å². The molecule has 1 fully saturated rings. The monoisotopic (exact) mass is 500 g/mol. The fraction of sp³-hybridized carbons (Fsp3) is 0.346. The number of aryl methyl sites for hydroxylation is 3. The van der Waals surface area contributed by atoms with Crippen LogP contribution in [0.3, 0.4) is 0 Å². The molecule has 0 spiro atoms. The number of halogens is 3. The van der Waals surface area contributed by atoms with E-state index in [1.165, 1.54) is 11.1 Å². The molecule has 1 saturated heterocycles. The zero-order chi connectivity index (χ0) is 25.1. The number of likely N-dealkylation sites (tertiary alicyclic amines) is 1. The van der Waals surface area contributed by atoms with Crippen LogP contribution >= 0.6 is 11.6 Å². The van der Waals surface area contributed by atoms with E-state index in [-0.39, 0.29) is 23.4 Å². The summed E-state index contributed by atoms with van der Waals surface area (Å²) in [6, 6.07) is 8.38. The number of hydrogen-bond donors (Lipinski definition) is 1. The molecule has 35 heavy (non-hydrogen) atoms. The molecule has 6 nitrogen and oxygen atoms in total. The number of amides is 2. The highest BCUT2D eigenvalue weighted by Crippen LogP contribution is 2.26. The highest BCUT2D eigenvalue weighted by molar-refractivity contribution is 6.31. The van der Waals surface area contributed by atoms with E-state index in [2.05, 4.69) is 28.6 Å². The minimum absolute atomic E-state index is 0.0252. The summed E-state index contributed by atoms with van der Waals surface area (Å²) in [5, 5.41) is 6.87. The van der Waals surface area contributed by atoms with Gasteiger partial charge in [-0.2, -0.15) is 5.10 Å². The van der Waals surface area contributed by atoms with Gasteiger partial charge in [-0.25, -0.2) is 8.78 Å². The van der Waals surface area contributed by atoms with Crippen molar-refractivity contribution in [3.05, 3.63) is 81.6 Å². The molecule has 3 aromatic rings. The zero-order valence-corrected chi connectivity index (χ0v) is 20.4. The van der Waals surface area contributed by atoms with Crippen LogP contribution in [0.2, 0.25) is 5.02 Å². The van der Waals surface area contributed by atoms with E-state index < -0.39 is 16.7 Å². The summed E-state index contributed by atoms with van der Waals surface area (Å²) in [6.07, 6.45) is 5.75. The Morgan fingerprint density at radius 1 is 1.09 bits per heavy atom. The predicted molar refractivity (Wildman–Crippen MR) is 131 cm³/mol. The minimum Gasteiger partial charge on any atom is -0.338 e. The Kier molecular flexibility index (Phi) is 7.50. The van der Waals surface area contributed by atoms with Crippen LogP contribution in [-0.4, -0.2) is 39.6 Å². The molecule has 9 heteroatoms. The SMILES string of the molecule is Cc1cc(C)cc(CCC(=O)Nc2cnn(C3CCN(C(=O)c4cc(F)c(F)c(Cl)c4)CC3)c2)c1. The third kappa shape index (κ3) is 6.06. The Morgan fingerprint density at radius 2 is 1.77 bits per heavy atom. The van der Waals surface area contributed by atoms with E-state index >= 15 is 0 Å². The maximum absolute atomic E-state index is 13.6. The van der Waals surface area contributed by atoms with E-state index in [0.29, 0.717) is 44.5 Å². The molecule has 0 bridgehead atoms. The molecule has 0 saturated carbocycles. The largest absolute Gasteiger partial charge is 0.338 e. The quantitative estimate of drug-likeness (QED) is 0.456. The van der Waals surface area contributed by atoms with Crippen LogP contribution in [0, 0.1) is 25.5 Å². The van der Waals surface area contributed by atoms with E-state index in [0.717, 1.165) is 17.7 Å². The first kappa shape index (κ1) is 24.9. The van der Waals surface area contributed by atoms with Crippen molar-refractivity contribution in [3.8, 4) is 0 Å². The van der Waals surface area contributed by atoms with Gasteiger partial charge in [0.05, 0.1) is 22.9 Å². The van der Waals surface area contributed by atoms with Crippen LogP contribution in [-0.2, 0) is 11.2 Å². The number of hydrogen-bond acceptors (Lipinski definition) is 3. The lowest BCUT2D eigenvalue weighted by Crippen LogP contribution is -2.39. The molecule has 2 aromatic carbocycles. The summed E-state index contributed by atoms with van der Waals surface area (Å²) in [5.41, 5.74) is 4.16. The molecular weight excluding hydrogens is 474 g/mol. The summed E-state index contributed by atoms with van der Waals surface area (Å²) >= 11 is 5.68. The summed E-state index contributed by atoms with van der Waals surface area (Å²) in [6.45, 7) is 4.97. The Labute approximate surface area is 207 Å². The van der Waals surface area contributed by atoms with E-state index in [1.807, 2.05) is 13.8 Å².